The van der Waals surface area contributed by atoms with E-state index in [9.17, 15) is 17.6 Å². The summed E-state index contributed by atoms with van der Waals surface area (Å²) in [7, 11) is -4.18. The van der Waals surface area contributed by atoms with E-state index in [1.54, 1.807) is 36.4 Å². The number of halogens is 2. The van der Waals surface area contributed by atoms with E-state index in [1.165, 1.54) is 24.4 Å². The zero-order valence-electron chi connectivity index (χ0n) is 16.4. The molecule has 0 aliphatic carbocycles. The van der Waals surface area contributed by atoms with Crippen LogP contribution in [0.1, 0.15) is 16.7 Å². The molecular weight excluding hydrogens is 443 g/mol. The maximum Gasteiger partial charge on any atom is 0.339 e. The SMILES string of the molecule is Cc1ccc(S(=O)(=O)Oc2cc(F)ccc2/C=N\NC(=O)Cc2cccc(Cl)c2)cc1. The van der Waals surface area contributed by atoms with Gasteiger partial charge in [0.05, 0.1) is 12.6 Å². The van der Waals surface area contributed by atoms with Gasteiger partial charge in [-0.3, -0.25) is 4.79 Å². The van der Waals surface area contributed by atoms with Crippen molar-refractivity contribution >= 4 is 33.8 Å². The first-order valence-electron chi connectivity index (χ1n) is 9.10. The molecule has 1 N–H and O–H groups in total. The zero-order chi connectivity index (χ0) is 22.4. The van der Waals surface area contributed by atoms with Gasteiger partial charge in [-0.15, -0.1) is 0 Å². The Morgan fingerprint density at radius 2 is 1.87 bits per heavy atom. The van der Waals surface area contributed by atoms with E-state index in [1.807, 2.05) is 6.92 Å². The van der Waals surface area contributed by atoms with E-state index in [0.717, 1.165) is 17.7 Å². The third-order valence-corrected chi connectivity index (χ3v) is 5.61. The highest BCUT2D eigenvalue weighted by atomic mass is 35.5. The molecule has 0 saturated carbocycles. The fourth-order valence-corrected chi connectivity index (χ4v) is 3.76. The number of nitrogens with zero attached hydrogens (tertiary/aromatic N) is 1. The van der Waals surface area contributed by atoms with Crippen LogP contribution in [0.5, 0.6) is 5.75 Å². The molecule has 9 heteroatoms. The summed E-state index contributed by atoms with van der Waals surface area (Å²) >= 11 is 5.89. The van der Waals surface area contributed by atoms with E-state index in [-0.39, 0.29) is 22.6 Å². The molecule has 3 aromatic rings. The summed E-state index contributed by atoms with van der Waals surface area (Å²) in [4.78, 5) is 12.0. The number of carbonyl (C=O) groups is 1. The minimum atomic E-state index is -4.18. The Balaban J connectivity index is 1.73. The highest BCUT2D eigenvalue weighted by Crippen LogP contribution is 2.23. The van der Waals surface area contributed by atoms with Gasteiger partial charge in [-0.25, -0.2) is 9.82 Å². The molecule has 0 unspecified atom stereocenters. The normalized spacial score (nSPS) is 11.5. The number of hydrazone groups is 1. The molecule has 0 heterocycles. The molecular formula is C22H18ClFN2O4S. The van der Waals surface area contributed by atoms with Crippen LogP contribution in [0.2, 0.25) is 5.02 Å². The molecule has 0 fully saturated rings. The van der Waals surface area contributed by atoms with E-state index < -0.39 is 21.8 Å². The summed E-state index contributed by atoms with van der Waals surface area (Å²) in [6, 6.07) is 16.2. The molecule has 0 radical (unpaired) electrons. The molecule has 0 spiro atoms. The van der Waals surface area contributed by atoms with E-state index in [4.69, 9.17) is 15.8 Å². The Morgan fingerprint density at radius 1 is 1.13 bits per heavy atom. The number of rotatable bonds is 7. The number of benzene rings is 3. The quantitative estimate of drug-likeness (QED) is 0.324. The molecule has 0 bridgehead atoms. The Hall–Kier alpha value is -3.23. The zero-order valence-corrected chi connectivity index (χ0v) is 18.0. The Labute approximate surface area is 184 Å². The lowest BCUT2D eigenvalue weighted by atomic mass is 10.1. The minimum Gasteiger partial charge on any atom is -0.378 e. The van der Waals surface area contributed by atoms with Crippen LogP contribution in [0.4, 0.5) is 4.39 Å². The molecule has 6 nitrogen and oxygen atoms in total. The second kappa shape index (κ2) is 9.72. The average Bonchev–Trinajstić information content (AvgIpc) is 2.70. The number of carbonyl (C=O) groups excluding carboxylic acids is 1. The van der Waals surface area contributed by atoms with Crippen LogP contribution in [-0.2, 0) is 21.3 Å². The smallest absolute Gasteiger partial charge is 0.339 e. The third kappa shape index (κ3) is 6.37. The van der Waals surface area contributed by atoms with Gasteiger partial charge in [-0.2, -0.15) is 13.5 Å². The first-order chi connectivity index (χ1) is 14.7. The lowest BCUT2D eigenvalue weighted by Crippen LogP contribution is -2.19. The fraction of sp³-hybridized carbons (Fsp3) is 0.0909. The van der Waals surface area contributed by atoms with Crippen molar-refractivity contribution in [2.45, 2.75) is 18.2 Å². The summed E-state index contributed by atoms with van der Waals surface area (Å²) in [6.45, 7) is 1.82. The van der Waals surface area contributed by atoms with Crippen molar-refractivity contribution in [1.29, 1.82) is 0 Å². The molecule has 0 aliphatic heterocycles. The molecule has 0 aliphatic rings. The topological polar surface area (TPSA) is 84.8 Å². The first-order valence-corrected chi connectivity index (χ1v) is 10.9. The molecule has 0 atom stereocenters. The third-order valence-electron chi connectivity index (χ3n) is 4.13. The summed E-state index contributed by atoms with van der Waals surface area (Å²) in [6.07, 6.45) is 1.22. The summed E-state index contributed by atoms with van der Waals surface area (Å²) in [5.74, 6) is -1.35. The van der Waals surface area contributed by atoms with Gasteiger partial charge in [0.2, 0.25) is 5.91 Å². The van der Waals surface area contributed by atoms with Gasteiger partial charge in [-0.1, -0.05) is 41.4 Å². The van der Waals surface area contributed by atoms with Gasteiger partial charge in [0.25, 0.3) is 0 Å². The number of hydrogen-bond donors (Lipinski definition) is 1. The van der Waals surface area contributed by atoms with Crippen molar-refractivity contribution in [3.05, 3.63) is 94.3 Å². The highest BCUT2D eigenvalue weighted by molar-refractivity contribution is 7.87. The van der Waals surface area contributed by atoms with Crippen molar-refractivity contribution in [2.24, 2.45) is 5.10 Å². The second-order valence-corrected chi connectivity index (χ2v) is 8.62. The van der Waals surface area contributed by atoms with E-state index in [2.05, 4.69) is 10.5 Å². The van der Waals surface area contributed by atoms with Gasteiger partial charge in [0.15, 0.2) is 5.75 Å². The van der Waals surface area contributed by atoms with Crippen molar-refractivity contribution < 1.29 is 21.8 Å². The lowest BCUT2D eigenvalue weighted by molar-refractivity contribution is -0.120. The maximum absolute atomic E-state index is 13.7. The van der Waals surface area contributed by atoms with E-state index >= 15 is 0 Å². The van der Waals surface area contributed by atoms with Crippen LogP contribution in [0.15, 0.2) is 76.7 Å². The van der Waals surface area contributed by atoms with Crippen molar-refractivity contribution in [3.63, 3.8) is 0 Å². The first kappa shape index (κ1) is 22.5. The van der Waals surface area contributed by atoms with Crippen LogP contribution in [-0.4, -0.2) is 20.5 Å². The van der Waals surface area contributed by atoms with Crippen molar-refractivity contribution in [3.8, 4) is 5.75 Å². The van der Waals surface area contributed by atoms with Gasteiger partial charge >= 0.3 is 10.1 Å². The molecule has 0 saturated heterocycles. The van der Waals surface area contributed by atoms with Crippen molar-refractivity contribution in [1.82, 2.24) is 5.43 Å². The molecule has 3 aromatic carbocycles. The standard InChI is InChI=1S/C22H18ClFN2O4S/c1-15-5-9-20(10-6-15)31(28,29)30-21-13-19(24)8-7-17(21)14-25-26-22(27)12-16-3-2-4-18(23)11-16/h2-11,13-14H,12H2,1H3,(H,26,27)/b25-14-. The Bertz CT molecular complexity index is 1230. The number of aryl methyl sites for hydroxylation is 1. The van der Waals surface area contributed by atoms with Crippen LogP contribution in [0.25, 0.3) is 0 Å². The summed E-state index contributed by atoms with van der Waals surface area (Å²) in [5.41, 5.74) is 4.08. The van der Waals surface area contributed by atoms with Gasteiger partial charge in [0.1, 0.15) is 10.7 Å². The van der Waals surface area contributed by atoms with Crippen LogP contribution in [0.3, 0.4) is 0 Å². The molecule has 3 rings (SSSR count). The summed E-state index contributed by atoms with van der Waals surface area (Å²) in [5, 5.41) is 4.32. The van der Waals surface area contributed by atoms with Crippen LogP contribution < -0.4 is 9.61 Å². The molecule has 31 heavy (non-hydrogen) atoms. The minimum absolute atomic E-state index is 0.0481. The predicted octanol–water partition coefficient (Wildman–Crippen LogP) is 4.25. The highest BCUT2D eigenvalue weighted by Gasteiger charge is 2.18. The Morgan fingerprint density at radius 3 is 2.58 bits per heavy atom. The molecule has 160 valence electrons. The van der Waals surface area contributed by atoms with Gasteiger partial charge in [0, 0.05) is 16.7 Å². The lowest BCUT2D eigenvalue weighted by Gasteiger charge is -2.10. The molecule has 0 aromatic heterocycles. The summed E-state index contributed by atoms with van der Waals surface area (Å²) < 4.78 is 43.9. The van der Waals surface area contributed by atoms with Gasteiger partial charge < -0.3 is 4.18 Å². The number of hydrogen-bond acceptors (Lipinski definition) is 5. The van der Waals surface area contributed by atoms with E-state index in [0.29, 0.717) is 10.6 Å². The number of amides is 1. The molecule has 1 amide bonds. The van der Waals surface area contributed by atoms with Crippen LogP contribution in [0, 0.1) is 12.7 Å². The largest absolute Gasteiger partial charge is 0.378 e. The van der Waals surface area contributed by atoms with Crippen molar-refractivity contribution in [2.75, 3.05) is 0 Å². The Kier molecular flexibility index (Phi) is 7.04. The van der Waals surface area contributed by atoms with Crippen LogP contribution >= 0.6 is 11.6 Å². The number of nitrogens with one attached hydrogen (secondary N) is 1. The van der Waals surface area contributed by atoms with Gasteiger partial charge in [-0.05, 0) is 48.9 Å². The maximum atomic E-state index is 13.7. The predicted molar refractivity (Wildman–Crippen MR) is 116 cm³/mol. The monoisotopic (exact) mass is 460 g/mol. The fourth-order valence-electron chi connectivity index (χ4n) is 2.60. The average molecular weight is 461 g/mol. The second-order valence-electron chi connectivity index (χ2n) is 6.63.